The molecule has 0 aliphatic heterocycles. The molecular weight excluding hydrogens is 561 g/mol. The molecule has 230 valence electrons. The zero-order valence-corrected chi connectivity index (χ0v) is 23.7. The van der Waals surface area contributed by atoms with Crippen molar-refractivity contribution in [3.8, 4) is 5.75 Å². The second kappa shape index (κ2) is 15.5. The van der Waals surface area contributed by atoms with Crippen molar-refractivity contribution in [3.05, 3.63) is 48.5 Å². The predicted molar refractivity (Wildman–Crippen MR) is 149 cm³/mol. The Bertz CT molecular complexity index is 1230. The van der Waals surface area contributed by atoms with E-state index in [1.165, 1.54) is 24.3 Å². The molecule has 14 heteroatoms. The van der Waals surface area contributed by atoms with Crippen LogP contribution in [-0.2, 0) is 19.1 Å². The summed E-state index contributed by atoms with van der Waals surface area (Å²) in [5.74, 6) is -1.08. The van der Waals surface area contributed by atoms with Gasteiger partial charge in [0, 0.05) is 18.2 Å². The quantitative estimate of drug-likeness (QED) is 0.226. The lowest BCUT2D eigenvalue weighted by molar-refractivity contribution is -0.153. The third-order valence-corrected chi connectivity index (χ3v) is 5.28. The molecule has 11 nitrogen and oxygen atoms in total. The van der Waals surface area contributed by atoms with E-state index in [0.29, 0.717) is 24.2 Å². The molecule has 0 aliphatic carbocycles. The van der Waals surface area contributed by atoms with Crippen LogP contribution in [0, 0.1) is 0 Å². The van der Waals surface area contributed by atoms with Crippen LogP contribution in [0.5, 0.6) is 5.75 Å². The van der Waals surface area contributed by atoms with Crippen LogP contribution < -0.4 is 26.0 Å². The van der Waals surface area contributed by atoms with Crippen LogP contribution in [0.15, 0.2) is 48.5 Å². The number of alkyl carbamates (subject to hydrolysis) is 1. The van der Waals surface area contributed by atoms with E-state index in [-0.39, 0.29) is 30.2 Å². The molecule has 0 saturated heterocycles. The summed E-state index contributed by atoms with van der Waals surface area (Å²) in [7, 11) is 1.13. The van der Waals surface area contributed by atoms with E-state index in [1.807, 2.05) is 0 Å². The number of methoxy groups -OCH3 is 1. The number of nitrogens with one attached hydrogen (secondary N) is 4. The number of hydrogen-bond acceptors (Lipinski definition) is 7. The average molecular weight is 597 g/mol. The Hall–Kier alpha value is -4.49. The molecule has 0 fully saturated rings. The van der Waals surface area contributed by atoms with Crippen LogP contribution in [0.1, 0.15) is 46.5 Å². The van der Waals surface area contributed by atoms with Gasteiger partial charge in [-0.1, -0.05) is 24.6 Å². The average Bonchev–Trinajstić information content (AvgIpc) is 2.89. The van der Waals surface area contributed by atoms with Gasteiger partial charge in [-0.25, -0.2) is 9.59 Å². The maximum Gasteiger partial charge on any atom is 0.422 e. The van der Waals surface area contributed by atoms with Gasteiger partial charge in [-0.2, -0.15) is 13.2 Å². The monoisotopic (exact) mass is 596 g/mol. The van der Waals surface area contributed by atoms with Crippen molar-refractivity contribution in [2.45, 2.75) is 64.3 Å². The van der Waals surface area contributed by atoms with Crippen molar-refractivity contribution in [3.63, 3.8) is 0 Å². The zero-order chi connectivity index (χ0) is 31.3. The highest BCUT2D eigenvalue weighted by atomic mass is 19.4. The molecule has 1 atom stereocenters. The summed E-state index contributed by atoms with van der Waals surface area (Å²) in [5.41, 5.74) is 0.190. The number of hydrogen-bond donors (Lipinski definition) is 4. The molecule has 0 aliphatic rings. The van der Waals surface area contributed by atoms with Crippen molar-refractivity contribution < 1.29 is 46.6 Å². The summed E-state index contributed by atoms with van der Waals surface area (Å²) >= 11 is 0. The number of rotatable bonds is 12. The second-order valence-electron chi connectivity index (χ2n) is 10.1. The predicted octanol–water partition coefficient (Wildman–Crippen LogP) is 5.84. The minimum Gasteiger partial charge on any atom is -0.484 e. The molecule has 0 saturated carbocycles. The number of amides is 4. The summed E-state index contributed by atoms with van der Waals surface area (Å²) in [5, 5.41) is 10.3. The molecule has 1 unspecified atom stereocenters. The van der Waals surface area contributed by atoms with Crippen molar-refractivity contribution in [2.75, 3.05) is 29.7 Å². The molecule has 42 heavy (non-hydrogen) atoms. The maximum atomic E-state index is 12.8. The Balaban J connectivity index is 1.92. The van der Waals surface area contributed by atoms with Gasteiger partial charge >= 0.3 is 18.4 Å². The number of anilines is 3. The zero-order valence-electron chi connectivity index (χ0n) is 23.7. The van der Waals surface area contributed by atoms with E-state index in [1.54, 1.807) is 45.0 Å². The lowest BCUT2D eigenvalue weighted by atomic mass is 10.1. The number of ether oxygens (including phenoxy) is 3. The van der Waals surface area contributed by atoms with Gasteiger partial charge in [0.05, 0.1) is 18.5 Å². The summed E-state index contributed by atoms with van der Waals surface area (Å²) in [4.78, 5) is 49.3. The van der Waals surface area contributed by atoms with Gasteiger partial charge in [0.15, 0.2) is 6.61 Å². The molecule has 2 rings (SSSR count). The first kappa shape index (κ1) is 33.7. The van der Waals surface area contributed by atoms with Gasteiger partial charge in [-0.15, -0.1) is 0 Å². The highest BCUT2D eigenvalue weighted by Crippen LogP contribution is 2.24. The Morgan fingerprint density at radius 1 is 0.857 bits per heavy atom. The smallest absolute Gasteiger partial charge is 0.422 e. The molecule has 2 aromatic carbocycles. The van der Waals surface area contributed by atoms with E-state index in [0.717, 1.165) is 7.11 Å². The number of alkyl halides is 3. The van der Waals surface area contributed by atoms with Crippen LogP contribution in [0.25, 0.3) is 0 Å². The van der Waals surface area contributed by atoms with Gasteiger partial charge in [-0.05, 0) is 57.9 Å². The SMILES string of the molecule is COC(=O)NC(CCCCC(=O)Nc1ccccc1NC(=O)OC(C)(C)C)C(=O)Nc1cccc(OCC(F)(F)F)c1. The van der Waals surface area contributed by atoms with Gasteiger partial charge in [0.1, 0.15) is 17.4 Å². The Morgan fingerprint density at radius 3 is 2.14 bits per heavy atom. The highest BCUT2D eigenvalue weighted by Gasteiger charge is 2.28. The summed E-state index contributed by atoms with van der Waals surface area (Å²) in [6.07, 6.45) is -5.15. The van der Waals surface area contributed by atoms with Gasteiger partial charge in [0.2, 0.25) is 11.8 Å². The van der Waals surface area contributed by atoms with Crippen LogP contribution in [-0.4, -0.2) is 55.5 Å². The minimum atomic E-state index is -4.52. The first-order chi connectivity index (χ1) is 19.6. The molecule has 0 aromatic heterocycles. The first-order valence-corrected chi connectivity index (χ1v) is 13.0. The third kappa shape index (κ3) is 13.2. The topological polar surface area (TPSA) is 144 Å². The number of benzene rings is 2. The molecule has 2 aromatic rings. The molecule has 0 heterocycles. The molecular formula is C28H35F3N4O7. The number of unbranched alkanes of at least 4 members (excludes halogenated alkanes) is 1. The maximum absolute atomic E-state index is 12.8. The molecule has 4 N–H and O–H groups in total. The lowest BCUT2D eigenvalue weighted by Crippen LogP contribution is -2.43. The van der Waals surface area contributed by atoms with Gasteiger partial charge in [0.25, 0.3) is 0 Å². The molecule has 0 spiro atoms. The van der Waals surface area contributed by atoms with E-state index < -0.39 is 42.5 Å². The Kier molecular flexibility index (Phi) is 12.4. The number of carbonyl (C=O) groups excluding carboxylic acids is 4. The number of para-hydroxylation sites is 2. The van der Waals surface area contributed by atoms with Crippen LogP contribution in [0.3, 0.4) is 0 Å². The van der Waals surface area contributed by atoms with Crippen molar-refractivity contribution in [1.29, 1.82) is 0 Å². The van der Waals surface area contributed by atoms with E-state index >= 15 is 0 Å². The first-order valence-electron chi connectivity index (χ1n) is 13.0. The third-order valence-electron chi connectivity index (χ3n) is 5.28. The van der Waals surface area contributed by atoms with E-state index in [4.69, 9.17) is 9.47 Å². The van der Waals surface area contributed by atoms with Crippen molar-refractivity contribution >= 4 is 41.1 Å². The summed E-state index contributed by atoms with van der Waals surface area (Å²) < 4.78 is 51.8. The van der Waals surface area contributed by atoms with Crippen molar-refractivity contribution in [1.82, 2.24) is 5.32 Å². The number of carbonyl (C=O) groups is 4. The molecule has 4 amide bonds. The van der Waals surface area contributed by atoms with Crippen LogP contribution in [0.4, 0.5) is 39.8 Å². The fourth-order valence-electron chi connectivity index (χ4n) is 3.49. The van der Waals surface area contributed by atoms with Gasteiger partial charge in [-0.3, -0.25) is 14.9 Å². The van der Waals surface area contributed by atoms with E-state index in [9.17, 15) is 32.3 Å². The lowest BCUT2D eigenvalue weighted by Gasteiger charge is -2.20. The summed E-state index contributed by atoms with van der Waals surface area (Å²) in [6.45, 7) is 3.69. The standard InChI is InChI=1S/C28H35F3N4O7/c1-27(2,3)42-26(39)34-21-13-6-5-12-20(21)33-23(36)15-8-7-14-22(35-25(38)40-4)24(37)32-18-10-9-11-19(16-18)41-17-28(29,30)31/h5-6,9-13,16,22H,7-8,14-15,17H2,1-4H3,(H,32,37)(H,33,36)(H,34,39)(H,35,38). The highest BCUT2D eigenvalue weighted by molar-refractivity contribution is 5.98. The summed E-state index contributed by atoms with van der Waals surface area (Å²) in [6, 6.07) is 10.9. The Labute approximate surface area is 241 Å². The normalized spacial score (nSPS) is 12.0. The molecule has 0 radical (unpaired) electrons. The largest absolute Gasteiger partial charge is 0.484 e. The Morgan fingerprint density at radius 2 is 1.52 bits per heavy atom. The number of halogens is 3. The van der Waals surface area contributed by atoms with Gasteiger partial charge < -0.3 is 30.2 Å². The second-order valence-corrected chi connectivity index (χ2v) is 10.1. The van der Waals surface area contributed by atoms with E-state index in [2.05, 4.69) is 26.0 Å². The fourth-order valence-corrected chi connectivity index (χ4v) is 3.49. The fraction of sp³-hybridized carbons (Fsp3) is 0.429. The van der Waals surface area contributed by atoms with Crippen molar-refractivity contribution in [2.24, 2.45) is 0 Å². The van der Waals surface area contributed by atoms with Crippen LogP contribution in [0.2, 0.25) is 0 Å². The van der Waals surface area contributed by atoms with Crippen LogP contribution >= 0.6 is 0 Å². The minimum absolute atomic E-state index is 0.0753. The molecule has 0 bridgehead atoms.